The van der Waals surface area contributed by atoms with E-state index in [4.69, 9.17) is 5.73 Å². The molecule has 1 aromatic carbocycles. The first-order chi connectivity index (χ1) is 12.9. The van der Waals surface area contributed by atoms with Gasteiger partial charge in [0.1, 0.15) is 0 Å². The van der Waals surface area contributed by atoms with Gasteiger partial charge in [-0.15, -0.1) is 0 Å². The van der Waals surface area contributed by atoms with Gasteiger partial charge >= 0.3 is 0 Å². The van der Waals surface area contributed by atoms with Crippen molar-refractivity contribution in [3.05, 3.63) is 41.7 Å². The SMILES string of the molecule is CCCCn1c(SCC(=O)N(CCC(N)=O)c2ccccc2)nc(C)c1C. The highest BCUT2D eigenvalue weighted by Crippen LogP contribution is 2.23. The van der Waals surface area contributed by atoms with E-state index in [1.54, 1.807) is 4.90 Å². The van der Waals surface area contributed by atoms with Crippen molar-refractivity contribution in [2.24, 2.45) is 5.73 Å². The number of benzene rings is 1. The molecule has 0 saturated heterocycles. The van der Waals surface area contributed by atoms with E-state index in [0.29, 0.717) is 0 Å². The molecule has 2 amide bonds. The largest absolute Gasteiger partial charge is 0.370 e. The van der Waals surface area contributed by atoms with Crippen LogP contribution in [0.4, 0.5) is 5.69 Å². The number of aryl methyl sites for hydroxylation is 1. The zero-order chi connectivity index (χ0) is 19.8. The number of aromatic nitrogens is 2. The second kappa shape index (κ2) is 10.2. The van der Waals surface area contributed by atoms with Crippen molar-refractivity contribution in [3.8, 4) is 0 Å². The van der Waals surface area contributed by atoms with E-state index in [-0.39, 0.29) is 24.6 Å². The van der Waals surface area contributed by atoms with Gasteiger partial charge in [-0.1, -0.05) is 43.3 Å². The van der Waals surface area contributed by atoms with Gasteiger partial charge in [-0.2, -0.15) is 0 Å². The Morgan fingerprint density at radius 3 is 2.56 bits per heavy atom. The Hall–Kier alpha value is -2.28. The summed E-state index contributed by atoms with van der Waals surface area (Å²) in [5, 5.41) is 0.870. The van der Waals surface area contributed by atoms with Crippen LogP contribution in [0.2, 0.25) is 0 Å². The van der Waals surface area contributed by atoms with Gasteiger partial charge < -0.3 is 15.2 Å². The highest BCUT2D eigenvalue weighted by Gasteiger charge is 2.19. The maximum Gasteiger partial charge on any atom is 0.237 e. The van der Waals surface area contributed by atoms with Crippen molar-refractivity contribution in [2.45, 2.75) is 51.7 Å². The molecule has 146 valence electrons. The number of para-hydroxylation sites is 1. The van der Waals surface area contributed by atoms with Gasteiger partial charge in [0.25, 0.3) is 0 Å². The molecule has 0 fully saturated rings. The smallest absolute Gasteiger partial charge is 0.237 e. The molecule has 0 unspecified atom stereocenters. The van der Waals surface area contributed by atoms with Gasteiger partial charge in [0, 0.05) is 30.9 Å². The molecule has 0 atom stereocenters. The van der Waals surface area contributed by atoms with Crippen LogP contribution in [0.1, 0.15) is 37.6 Å². The molecule has 6 nitrogen and oxygen atoms in total. The summed E-state index contributed by atoms with van der Waals surface area (Å²) in [6, 6.07) is 9.36. The number of primary amides is 1. The molecule has 7 heteroatoms. The van der Waals surface area contributed by atoms with Gasteiger partial charge in [-0.3, -0.25) is 9.59 Å². The van der Waals surface area contributed by atoms with Crippen LogP contribution in [0.25, 0.3) is 0 Å². The summed E-state index contributed by atoms with van der Waals surface area (Å²) in [5.41, 5.74) is 8.18. The number of rotatable bonds is 10. The zero-order valence-corrected chi connectivity index (χ0v) is 17.1. The average molecular weight is 389 g/mol. The summed E-state index contributed by atoms with van der Waals surface area (Å²) >= 11 is 1.44. The number of nitrogens with two attached hydrogens (primary N) is 1. The Kier molecular flexibility index (Phi) is 7.91. The first-order valence-electron chi connectivity index (χ1n) is 9.24. The van der Waals surface area contributed by atoms with Crippen molar-refractivity contribution in [1.29, 1.82) is 0 Å². The van der Waals surface area contributed by atoms with E-state index in [0.717, 1.165) is 41.6 Å². The fourth-order valence-electron chi connectivity index (χ4n) is 2.75. The van der Waals surface area contributed by atoms with Crippen LogP contribution in [0.3, 0.4) is 0 Å². The van der Waals surface area contributed by atoms with Gasteiger partial charge in [0.15, 0.2) is 5.16 Å². The molecule has 0 bridgehead atoms. The topological polar surface area (TPSA) is 81.2 Å². The third-order valence-electron chi connectivity index (χ3n) is 4.43. The Morgan fingerprint density at radius 2 is 1.93 bits per heavy atom. The number of imidazole rings is 1. The molecular formula is C20H28N4O2S. The van der Waals surface area contributed by atoms with Crippen LogP contribution in [0, 0.1) is 13.8 Å². The Morgan fingerprint density at radius 1 is 1.22 bits per heavy atom. The first-order valence-corrected chi connectivity index (χ1v) is 10.2. The Balaban J connectivity index is 2.11. The van der Waals surface area contributed by atoms with Crippen LogP contribution < -0.4 is 10.6 Å². The molecule has 27 heavy (non-hydrogen) atoms. The molecule has 0 aliphatic rings. The number of nitrogens with zero attached hydrogens (tertiary/aromatic N) is 3. The molecular weight excluding hydrogens is 360 g/mol. The third kappa shape index (κ3) is 5.85. The molecule has 1 aromatic heterocycles. The van der Waals surface area contributed by atoms with Crippen molar-refractivity contribution in [3.63, 3.8) is 0 Å². The molecule has 2 rings (SSSR count). The Bertz CT molecular complexity index is 774. The minimum Gasteiger partial charge on any atom is -0.370 e. The van der Waals surface area contributed by atoms with Crippen molar-refractivity contribution in [1.82, 2.24) is 9.55 Å². The lowest BCUT2D eigenvalue weighted by atomic mass is 10.2. The molecule has 0 radical (unpaired) electrons. The normalized spacial score (nSPS) is 10.8. The molecule has 0 spiro atoms. The summed E-state index contributed by atoms with van der Waals surface area (Å²) in [7, 11) is 0. The van der Waals surface area contributed by atoms with Crippen LogP contribution in [0.5, 0.6) is 0 Å². The lowest BCUT2D eigenvalue weighted by Crippen LogP contribution is -2.35. The standard InChI is InChI=1S/C20H28N4O2S/c1-4-5-12-23-16(3)15(2)22-20(23)27-14-19(26)24(13-11-18(21)25)17-9-7-6-8-10-17/h6-10H,4-5,11-14H2,1-3H3,(H2,21,25). The van der Waals surface area contributed by atoms with Crippen molar-refractivity contribution < 1.29 is 9.59 Å². The molecule has 0 saturated carbocycles. The highest BCUT2D eigenvalue weighted by molar-refractivity contribution is 7.99. The number of unbranched alkanes of at least 4 members (excludes halogenated alkanes) is 1. The molecule has 0 aliphatic heterocycles. The van der Waals surface area contributed by atoms with Crippen LogP contribution >= 0.6 is 11.8 Å². The maximum atomic E-state index is 12.9. The van der Waals surface area contributed by atoms with E-state index in [1.807, 2.05) is 37.3 Å². The lowest BCUT2D eigenvalue weighted by molar-refractivity contribution is -0.118. The maximum absolute atomic E-state index is 12.9. The second-order valence-electron chi connectivity index (χ2n) is 6.46. The first kappa shape index (κ1) is 21.0. The quantitative estimate of drug-likeness (QED) is 0.633. The van der Waals surface area contributed by atoms with E-state index in [9.17, 15) is 9.59 Å². The summed E-state index contributed by atoms with van der Waals surface area (Å²) in [5.74, 6) is -0.221. The van der Waals surface area contributed by atoms with E-state index in [2.05, 4.69) is 23.4 Å². The molecule has 2 aromatic rings. The van der Waals surface area contributed by atoms with Crippen molar-refractivity contribution >= 4 is 29.3 Å². The predicted molar refractivity (Wildman–Crippen MR) is 110 cm³/mol. The van der Waals surface area contributed by atoms with Gasteiger partial charge in [-0.05, 0) is 32.4 Å². The molecule has 1 heterocycles. The third-order valence-corrected chi connectivity index (χ3v) is 5.39. The molecule has 2 N–H and O–H groups in total. The lowest BCUT2D eigenvalue weighted by Gasteiger charge is -2.22. The molecule has 0 aliphatic carbocycles. The fourth-order valence-corrected chi connectivity index (χ4v) is 3.74. The van der Waals surface area contributed by atoms with Gasteiger partial charge in [0.05, 0.1) is 11.4 Å². The van der Waals surface area contributed by atoms with Crippen LogP contribution in [-0.2, 0) is 16.1 Å². The van der Waals surface area contributed by atoms with Crippen LogP contribution in [-0.4, -0.2) is 33.7 Å². The van der Waals surface area contributed by atoms with E-state index in [1.165, 1.54) is 11.8 Å². The number of amides is 2. The van der Waals surface area contributed by atoms with E-state index >= 15 is 0 Å². The number of carbonyl (C=O) groups excluding carboxylic acids is 2. The number of anilines is 1. The highest BCUT2D eigenvalue weighted by atomic mass is 32.2. The summed E-state index contributed by atoms with van der Waals surface area (Å²) < 4.78 is 2.19. The number of hydrogen-bond donors (Lipinski definition) is 1. The van der Waals surface area contributed by atoms with Gasteiger partial charge in [0.2, 0.25) is 11.8 Å². The number of carbonyl (C=O) groups is 2. The minimum atomic E-state index is -0.419. The van der Waals surface area contributed by atoms with E-state index < -0.39 is 5.91 Å². The summed E-state index contributed by atoms with van der Waals surface area (Å²) in [6.45, 7) is 7.40. The summed E-state index contributed by atoms with van der Waals surface area (Å²) in [4.78, 5) is 30.3. The van der Waals surface area contributed by atoms with Crippen molar-refractivity contribution in [2.75, 3.05) is 17.2 Å². The van der Waals surface area contributed by atoms with Crippen LogP contribution in [0.15, 0.2) is 35.5 Å². The monoisotopic (exact) mass is 388 g/mol. The predicted octanol–water partition coefficient (Wildman–Crippen LogP) is 3.30. The second-order valence-corrected chi connectivity index (χ2v) is 7.40. The zero-order valence-electron chi connectivity index (χ0n) is 16.3. The minimum absolute atomic E-state index is 0.0622. The number of thioether (sulfide) groups is 1. The number of hydrogen-bond acceptors (Lipinski definition) is 4. The Labute approximate surface area is 165 Å². The fraction of sp³-hybridized carbons (Fsp3) is 0.450. The van der Waals surface area contributed by atoms with Gasteiger partial charge in [-0.25, -0.2) is 4.98 Å². The summed E-state index contributed by atoms with van der Waals surface area (Å²) in [6.07, 6.45) is 2.32. The average Bonchev–Trinajstić information content (AvgIpc) is 2.92.